The summed E-state index contributed by atoms with van der Waals surface area (Å²) < 4.78 is 54.7. The highest BCUT2D eigenvalue weighted by atomic mass is 19.3. The number of nitrogens with one attached hydrogen (secondary N) is 2. The zero-order valence-electron chi connectivity index (χ0n) is 17.0. The molecule has 1 aromatic carbocycles. The second-order valence-corrected chi connectivity index (χ2v) is 7.61. The lowest BCUT2D eigenvalue weighted by molar-refractivity contribution is -0.168. The Kier molecular flexibility index (Phi) is 8.45. The molecule has 1 aromatic rings. The first-order valence-corrected chi connectivity index (χ1v) is 9.77. The van der Waals surface area contributed by atoms with Gasteiger partial charge in [-0.05, 0) is 44.4 Å². The highest BCUT2D eigenvalue weighted by molar-refractivity contribution is 5.89. The first kappa shape index (κ1) is 23.9. The number of likely N-dealkylation sites (tertiary alicyclic amines) is 1. The molecule has 1 saturated heterocycles. The molecule has 0 aliphatic carbocycles. The van der Waals surface area contributed by atoms with E-state index in [1.165, 1.54) is 6.07 Å². The summed E-state index contributed by atoms with van der Waals surface area (Å²) in [6.07, 6.45) is -2.65. The van der Waals surface area contributed by atoms with Gasteiger partial charge >= 0.3 is 18.4 Å². The highest BCUT2D eigenvalue weighted by Gasteiger charge is 2.40. The van der Waals surface area contributed by atoms with Crippen LogP contribution in [0.15, 0.2) is 24.3 Å². The number of piperidine rings is 1. The minimum absolute atomic E-state index is 0.00446. The number of nitrogens with zero attached hydrogens (tertiary/aromatic N) is 1. The van der Waals surface area contributed by atoms with E-state index in [2.05, 4.69) is 10.6 Å². The second kappa shape index (κ2) is 10.6. The van der Waals surface area contributed by atoms with Crippen molar-refractivity contribution in [2.75, 3.05) is 25.0 Å². The van der Waals surface area contributed by atoms with E-state index >= 15 is 0 Å². The van der Waals surface area contributed by atoms with E-state index in [9.17, 15) is 27.2 Å². The normalized spacial score (nSPS) is 15.5. The van der Waals surface area contributed by atoms with Gasteiger partial charge in [0.25, 0.3) is 0 Å². The molecule has 168 valence electrons. The Morgan fingerprint density at radius 2 is 1.90 bits per heavy atom. The standard InChI is InChI=1S/C20H27F4N3O3/c1-13(2)25-17(28)15-6-8-27(9-7-15)19(29)26-16-5-3-4-14(10-16)11-30-12-20(23,24)18(21)22/h3-5,10,13,15,18H,6-9,11-12H2,1-2H3,(H,25,28)(H,26,29). The zero-order chi connectivity index (χ0) is 22.3. The molecule has 0 aromatic heterocycles. The summed E-state index contributed by atoms with van der Waals surface area (Å²) >= 11 is 0. The molecule has 2 rings (SSSR count). The summed E-state index contributed by atoms with van der Waals surface area (Å²) in [6.45, 7) is 2.98. The summed E-state index contributed by atoms with van der Waals surface area (Å²) in [6, 6.07) is 6.06. The molecule has 3 amide bonds. The predicted octanol–water partition coefficient (Wildman–Crippen LogP) is 3.87. The van der Waals surface area contributed by atoms with Gasteiger partial charge in [-0.2, -0.15) is 8.78 Å². The van der Waals surface area contributed by atoms with Crippen LogP contribution in [0.4, 0.5) is 28.0 Å². The lowest BCUT2D eigenvalue weighted by Crippen LogP contribution is -2.45. The number of hydrogen-bond acceptors (Lipinski definition) is 3. The Morgan fingerprint density at radius 3 is 2.50 bits per heavy atom. The third-order valence-corrected chi connectivity index (χ3v) is 4.64. The van der Waals surface area contributed by atoms with Gasteiger partial charge in [0.05, 0.1) is 6.61 Å². The maximum Gasteiger partial charge on any atom is 0.330 e. The molecule has 0 bridgehead atoms. The molecule has 30 heavy (non-hydrogen) atoms. The lowest BCUT2D eigenvalue weighted by atomic mass is 9.96. The predicted molar refractivity (Wildman–Crippen MR) is 104 cm³/mol. The Bertz CT molecular complexity index is 723. The number of alkyl halides is 4. The molecule has 0 unspecified atom stereocenters. The van der Waals surface area contributed by atoms with Crippen molar-refractivity contribution in [3.8, 4) is 0 Å². The van der Waals surface area contributed by atoms with Crippen molar-refractivity contribution in [2.24, 2.45) is 5.92 Å². The molecule has 0 saturated carbocycles. The van der Waals surface area contributed by atoms with Crippen LogP contribution in [0.1, 0.15) is 32.3 Å². The van der Waals surface area contributed by atoms with Crippen molar-refractivity contribution in [3.63, 3.8) is 0 Å². The summed E-state index contributed by atoms with van der Waals surface area (Å²) in [7, 11) is 0. The number of hydrogen-bond donors (Lipinski definition) is 2. The van der Waals surface area contributed by atoms with E-state index in [0.717, 1.165) is 0 Å². The van der Waals surface area contributed by atoms with E-state index in [4.69, 9.17) is 4.74 Å². The van der Waals surface area contributed by atoms with Gasteiger partial charge in [0.15, 0.2) is 0 Å². The van der Waals surface area contributed by atoms with Crippen molar-refractivity contribution in [3.05, 3.63) is 29.8 Å². The molecule has 6 nitrogen and oxygen atoms in total. The van der Waals surface area contributed by atoms with Gasteiger partial charge < -0.3 is 20.3 Å². The average molecular weight is 433 g/mol. The van der Waals surface area contributed by atoms with Gasteiger partial charge in [-0.25, -0.2) is 13.6 Å². The molecule has 0 atom stereocenters. The number of ether oxygens (including phenoxy) is 1. The van der Waals surface area contributed by atoms with Gasteiger partial charge in [-0.1, -0.05) is 12.1 Å². The van der Waals surface area contributed by atoms with Gasteiger partial charge in [0.2, 0.25) is 5.91 Å². The van der Waals surface area contributed by atoms with Crippen LogP contribution in [0.2, 0.25) is 0 Å². The molecule has 2 N–H and O–H groups in total. The molecular weight excluding hydrogens is 406 g/mol. The fourth-order valence-electron chi connectivity index (χ4n) is 3.06. The Labute approximate surface area is 172 Å². The Hall–Kier alpha value is -2.36. The molecule has 0 spiro atoms. The maximum absolute atomic E-state index is 12.9. The molecule has 10 heteroatoms. The Morgan fingerprint density at radius 1 is 1.23 bits per heavy atom. The number of rotatable bonds is 8. The van der Waals surface area contributed by atoms with Crippen LogP contribution < -0.4 is 10.6 Å². The summed E-state index contributed by atoms with van der Waals surface area (Å²) in [5, 5.41) is 5.59. The number of carbonyl (C=O) groups excluding carboxylic acids is 2. The SMILES string of the molecule is CC(C)NC(=O)C1CCN(C(=O)Nc2cccc(COCC(F)(F)C(F)F)c2)CC1. The second-order valence-electron chi connectivity index (χ2n) is 7.61. The van der Waals surface area contributed by atoms with Gasteiger partial charge in [-0.15, -0.1) is 0 Å². The van der Waals surface area contributed by atoms with Crippen LogP contribution in [0.25, 0.3) is 0 Å². The van der Waals surface area contributed by atoms with Crippen LogP contribution in [0.5, 0.6) is 0 Å². The van der Waals surface area contributed by atoms with Gasteiger partial charge in [-0.3, -0.25) is 4.79 Å². The van der Waals surface area contributed by atoms with Gasteiger partial charge in [0.1, 0.15) is 6.61 Å². The van der Waals surface area contributed by atoms with Crippen LogP contribution >= 0.6 is 0 Å². The summed E-state index contributed by atoms with van der Waals surface area (Å²) in [5.74, 6) is -4.33. The van der Waals surface area contributed by atoms with E-state index < -0.39 is 19.0 Å². The van der Waals surface area contributed by atoms with Crippen molar-refractivity contribution < 1.29 is 31.9 Å². The molecule has 1 aliphatic heterocycles. The maximum atomic E-state index is 12.9. The number of carbonyl (C=O) groups is 2. The number of urea groups is 1. The summed E-state index contributed by atoms with van der Waals surface area (Å²) in [5.41, 5.74) is 0.892. The van der Waals surface area contributed by atoms with Crippen molar-refractivity contribution in [1.29, 1.82) is 0 Å². The van der Waals surface area contributed by atoms with Crippen molar-refractivity contribution in [2.45, 2.75) is 51.7 Å². The number of amides is 3. The number of anilines is 1. The van der Waals surface area contributed by atoms with Gasteiger partial charge in [0, 0.05) is 30.7 Å². The third kappa shape index (κ3) is 7.16. The lowest BCUT2D eigenvalue weighted by Gasteiger charge is -2.31. The van der Waals surface area contributed by atoms with E-state index in [1.54, 1.807) is 23.1 Å². The van der Waals surface area contributed by atoms with Crippen LogP contribution in [-0.4, -0.2) is 54.9 Å². The third-order valence-electron chi connectivity index (χ3n) is 4.64. The topological polar surface area (TPSA) is 70.7 Å². The van der Waals surface area contributed by atoms with Crippen LogP contribution in [-0.2, 0) is 16.1 Å². The average Bonchev–Trinajstić information content (AvgIpc) is 2.67. The Balaban J connectivity index is 1.82. The number of halogens is 4. The summed E-state index contributed by atoms with van der Waals surface area (Å²) in [4.78, 5) is 26.1. The smallest absolute Gasteiger partial charge is 0.330 e. The molecule has 1 fully saturated rings. The quantitative estimate of drug-likeness (QED) is 0.612. The monoisotopic (exact) mass is 433 g/mol. The molecule has 0 radical (unpaired) electrons. The minimum atomic E-state index is -4.20. The highest BCUT2D eigenvalue weighted by Crippen LogP contribution is 2.24. The minimum Gasteiger partial charge on any atom is -0.370 e. The fraction of sp³-hybridized carbons (Fsp3) is 0.600. The number of benzene rings is 1. The molecular formula is C20H27F4N3O3. The zero-order valence-corrected chi connectivity index (χ0v) is 17.0. The van der Waals surface area contributed by atoms with Crippen LogP contribution in [0, 0.1) is 5.92 Å². The van der Waals surface area contributed by atoms with Crippen LogP contribution in [0.3, 0.4) is 0 Å². The first-order chi connectivity index (χ1) is 14.1. The van der Waals surface area contributed by atoms with E-state index in [1.807, 2.05) is 13.8 Å². The largest absolute Gasteiger partial charge is 0.370 e. The van der Waals surface area contributed by atoms with E-state index in [-0.39, 0.29) is 30.5 Å². The molecule has 1 heterocycles. The van der Waals surface area contributed by atoms with E-state index in [0.29, 0.717) is 37.2 Å². The molecule has 1 aliphatic rings. The first-order valence-electron chi connectivity index (χ1n) is 9.77. The van der Waals surface area contributed by atoms with Crippen molar-refractivity contribution >= 4 is 17.6 Å². The fourth-order valence-corrected chi connectivity index (χ4v) is 3.06. The van der Waals surface area contributed by atoms with Crippen molar-refractivity contribution in [1.82, 2.24) is 10.2 Å².